The second-order valence-electron chi connectivity index (χ2n) is 3.46. The van der Waals surface area contributed by atoms with Gasteiger partial charge in [0, 0.05) is 26.2 Å². The Morgan fingerprint density at radius 3 is 2.62 bits per heavy atom. The van der Waals surface area contributed by atoms with E-state index in [1.165, 1.54) is 0 Å². The van der Waals surface area contributed by atoms with Gasteiger partial charge < -0.3 is 15.2 Å². The quantitative estimate of drug-likeness (QED) is 0.570. The van der Waals surface area contributed by atoms with Crippen molar-refractivity contribution in [3.05, 3.63) is 0 Å². The molecule has 0 rings (SSSR count). The third-order valence-corrected chi connectivity index (χ3v) is 2.10. The third-order valence-electron chi connectivity index (χ3n) is 2.10. The Bertz CT molecular complexity index is 122. The minimum Gasteiger partial charge on any atom is -0.390 e. The van der Waals surface area contributed by atoms with Crippen LogP contribution in [0.25, 0.3) is 0 Å². The van der Waals surface area contributed by atoms with Crippen molar-refractivity contribution >= 4 is 0 Å². The molecule has 0 aromatic heterocycles. The van der Waals surface area contributed by atoms with Crippen LogP contribution >= 0.6 is 0 Å². The summed E-state index contributed by atoms with van der Waals surface area (Å²) in [6.07, 6.45) is -0.311. The van der Waals surface area contributed by atoms with Gasteiger partial charge >= 0.3 is 0 Å². The van der Waals surface area contributed by atoms with E-state index in [1.54, 1.807) is 7.11 Å². The first-order valence-corrected chi connectivity index (χ1v) is 4.63. The molecule has 0 saturated heterocycles. The fourth-order valence-corrected chi connectivity index (χ4v) is 1.18. The summed E-state index contributed by atoms with van der Waals surface area (Å²) in [6.45, 7) is 4.08. The summed E-state index contributed by atoms with van der Waals surface area (Å²) in [5.74, 6) is 0. The van der Waals surface area contributed by atoms with E-state index in [2.05, 4.69) is 17.1 Å². The van der Waals surface area contributed by atoms with Crippen molar-refractivity contribution in [3.8, 4) is 0 Å². The van der Waals surface area contributed by atoms with Crippen molar-refractivity contribution in [3.63, 3.8) is 0 Å². The maximum absolute atomic E-state index is 9.49. The van der Waals surface area contributed by atoms with E-state index in [1.807, 2.05) is 14.1 Å². The average Bonchev–Trinajstić information content (AvgIpc) is 2.05. The number of aliphatic hydroxyl groups excluding tert-OH is 1. The SMILES string of the molecule is CNCC(O)CN(C)C(C)COC. The molecule has 0 aromatic carbocycles. The summed E-state index contributed by atoms with van der Waals surface area (Å²) in [7, 11) is 5.51. The predicted molar refractivity (Wildman–Crippen MR) is 53.9 cm³/mol. The standard InChI is InChI=1S/C9H22N2O2/c1-8(7-13-4)11(3)6-9(12)5-10-2/h8-10,12H,5-7H2,1-4H3. The molecular weight excluding hydrogens is 168 g/mol. The highest BCUT2D eigenvalue weighted by atomic mass is 16.5. The van der Waals surface area contributed by atoms with Gasteiger partial charge in [0.25, 0.3) is 0 Å². The summed E-state index contributed by atoms with van der Waals surface area (Å²) in [5, 5.41) is 12.4. The molecule has 0 spiro atoms. The number of aliphatic hydroxyl groups is 1. The zero-order chi connectivity index (χ0) is 10.3. The predicted octanol–water partition coefficient (Wildman–Crippen LogP) is -0.467. The lowest BCUT2D eigenvalue weighted by atomic mass is 10.2. The number of nitrogens with zero attached hydrogens (tertiary/aromatic N) is 1. The Kier molecular flexibility index (Phi) is 7.17. The highest BCUT2D eigenvalue weighted by Crippen LogP contribution is 1.97. The molecule has 2 atom stereocenters. The number of methoxy groups -OCH3 is 1. The van der Waals surface area contributed by atoms with E-state index in [9.17, 15) is 5.11 Å². The molecule has 2 unspecified atom stereocenters. The molecule has 0 saturated carbocycles. The van der Waals surface area contributed by atoms with Crippen molar-refractivity contribution in [1.82, 2.24) is 10.2 Å². The molecule has 4 nitrogen and oxygen atoms in total. The first kappa shape index (κ1) is 12.8. The van der Waals surface area contributed by atoms with Crippen molar-refractivity contribution in [2.75, 3.05) is 40.9 Å². The van der Waals surface area contributed by atoms with Crippen LogP contribution in [0.15, 0.2) is 0 Å². The molecule has 0 fully saturated rings. The van der Waals surface area contributed by atoms with Crippen LogP contribution in [-0.2, 0) is 4.74 Å². The summed E-state index contributed by atoms with van der Waals surface area (Å²) >= 11 is 0. The number of ether oxygens (including phenoxy) is 1. The molecule has 0 aliphatic carbocycles. The van der Waals surface area contributed by atoms with Gasteiger partial charge in [-0.15, -0.1) is 0 Å². The molecule has 0 aliphatic rings. The van der Waals surface area contributed by atoms with E-state index in [-0.39, 0.29) is 6.10 Å². The number of rotatable bonds is 7. The molecular formula is C9H22N2O2. The van der Waals surface area contributed by atoms with E-state index in [4.69, 9.17) is 4.74 Å². The fourth-order valence-electron chi connectivity index (χ4n) is 1.18. The second kappa shape index (κ2) is 7.26. The Balaban J connectivity index is 3.64. The molecule has 2 N–H and O–H groups in total. The zero-order valence-corrected chi connectivity index (χ0v) is 9.08. The second-order valence-corrected chi connectivity index (χ2v) is 3.46. The lowest BCUT2D eigenvalue weighted by Gasteiger charge is -2.26. The van der Waals surface area contributed by atoms with Crippen LogP contribution in [0.2, 0.25) is 0 Å². The molecule has 0 radical (unpaired) electrons. The van der Waals surface area contributed by atoms with Gasteiger partial charge in [-0.25, -0.2) is 0 Å². The molecule has 0 heterocycles. The Labute approximate surface area is 80.9 Å². The zero-order valence-electron chi connectivity index (χ0n) is 9.08. The Hall–Kier alpha value is -0.160. The van der Waals surface area contributed by atoms with Crippen molar-refractivity contribution in [1.29, 1.82) is 0 Å². The van der Waals surface area contributed by atoms with Gasteiger partial charge in [-0.1, -0.05) is 0 Å². The van der Waals surface area contributed by atoms with Gasteiger partial charge in [0.1, 0.15) is 0 Å². The van der Waals surface area contributed by atoms with Crippen LogP contribution in [0.3, 0.4) is 0 Å². The van der Waals surface area contributed by atoms with E-state index < -0.39 is 0 Å². The van der Waals surface area contributed by atoms with Crippen LogP contribution in [0.1, 0.15) is 6.92 Å². The third kappa shape index (κ3) is 5.99. The van der Waals surface area contributed by atoms with Gasteiger partial charge in [-0.3, -0.25) is 4.90 Å². The van der Waals surface area contributed by atoms with Crippen LogP contribution in [0, 0.1) is 0 Å². The highest BCUT2D eigenvalue weighted by Gasteiger charge is 2.12. The molecule has 4 heteroatoms. The highest BCUT2D eigenvalue weighted by molar-refractivity contribution is 4.68. The topological polar surface area (TPSA) is 44.7 Å². The largest absolute Gasteiger partial charge is 0.390 e. The number of hydrogen-bond donors (Lipinski definition) is 2. The summed E-state index contributed by atoms with van der Waals surface area (Å²) in [6, 6.07) is 0.344. The van der Waals surface area contributed by atoms with Crippen LogP contribution in [-0.4, -0.2) is 63.1 Å². The van der Waals surface area contributed by atoms with Crippen LogP contribution in [0.5, 0.6) is 0 Å². The van der Waals surface area contributed by atoms with Gasteiger partial charge in [-0.05, 0) is 21.0 Å². The van der Waals surface area contributed by atoms with Gasteiger partial charge in [0.15, 0.2) is 0 Å². The molecule has 0 bridgehead atoms. The molecule has 80 valence electrons. The van der Waals surface area contributed by atoms with Gasteiger partial charge in [-0.2, -0.15) is 0 Å². The monoisotopic (exact) mass is 190 g/mol. The normalized spacial score (nSPS) is 16.2. The van der Waals surface area contributed by atoms with E-state index in [0.29, 0.717) is 25.7 Å². The smallest absolute Gasteiger partial charge is 0.0791 e. The van der Waals surface area contributed by atoms with Crippen LogP contribution in [0.4, 0.5) is 0 Å². The van der Waals surface area contributed by atoms with E-state index >= 15 is 0 Å². The number of hydrogen-bond acceptors (Lipinski definition) is 4. The molecule has 0 amide bonds. The molecule has 0 aromatic rings. The Morgan fingerprint density at radius 2 is 2.15 bits per heavy atom. The number of likely N-dealkylation sites (N-methyl/N-ethyl adjacent to an activating group) is 2. The lowest BCUT2D eigenvalue weighted by Crippen LogP contribution is -2.41. The number of nitrogens with one attached hydrogen (secondary N) is 1. The summed E-state index contributed by atoms with van der Waals surface area (Å²) in [4.78, 5) is 2.09. The molecule has 13 heavy (non-hydrogen) atoms. The lowest BCUT2D eigenvalue weighted by molar-refractivity contribution is 0.0717. The van der Waals surface area contributed by atoms with Crippen molar-refractivity contribution < 1.29 is 9.84 Å². The maximum atomic E-state index is 9.49. The first-order valence-electron chi connectivity index (χ1n) is 4.63. The van der Waals surface area contributed by atoms with E-state index in [0.717, 1.165) is 0 Å². The minimum atomic E-state index is -0.311. The van der Waals surface area contributed by atoms with Gasteiger partial charge in [0.05, 0.1) is 12.7 Å². The van der Waals surface area contributed by atoms with Crippen molar-refractivity contribution in [2.45, 2.75) is 19.1 Å². The average molecular weight is 190 g/mol. The van der Waals surface area contributed by atoms with Crippen LogP contribution < -0.4 is 5.32 Å². The Morgan fingerprint density at radius 1 is 1.54 bits per heavy atom. The summed E-state index contributed by atoms with van der Waals surface area (Å²) in [5.41, 5.74) is 0. The first-order chi connectivity index (χ1) is 6.11. The maximum Gasteiger partial charge on any atom is 0.0791 e. The fraction of sp³-hybridized carbons (Fsp3) is 1.00. The summed E-state index contributed by atoms with van der Waals surface area (Å²) < 4.78 is 5.03. The minimum absolute atomic E-state index is 0.311. The van der Waals surface area contributed by atoms with Gasteiger partial charge in [0.2, 0.25) is 0 Å². The van der Waals surface area contributed by atoms with Crippen molar-refractivity contribution in [2.24, 2.45) is 0 Å². The molecule has 0 aliphatic heterocycles.